The van der Waals surface area contributed by atoms with Gasteiger partial charge in [-0.15, -0.1) is 0 Å². The first-order valence-corrected chi connectivity index (χ1v) is 6.71. The van der Waals surface area contributed by atoms with Crippen LogP contribution in [0.4, 0.5) is 0 Å². The lowest BCUT2D eigenvalue weighted by atomic mass is 10.0. The van der Waals surface area contributed by atoms with E-state index in [1.54, 1.807) is 0 Å². The number of unbranched alkanes of at least 4 members (excludes halogenated alkanes) is 1. The molecular weight excluding hydrogens is 220 g/mol. The fourth-order valence-corrected chi connectivity index (χ4v) is 1.64. The molecule has 0 unspecified atom stereocenters. The topological polar surface area (TPSA) is 9.23 Å². The van der Waals surface area contributed by atoms with Crippen molar-refractivity contribution < 1.29 is 4.74 Å². The van der Waals surface area contributed by atoms with Crippen molar-refractivity contribution in [3.63, 3.8) is 0 Å². The molecule has 0 saturated heterocycles. The van der Waals surface area contributed by atoms with E-state index in [4.69, 9.17) is 4.74 Å². The molecule has 0 aliphatic carbocycles. The molecule has 1 nitrogen and oxygen atoms in total. The van der Waals surface area contributed by atoms with E-state index in [1.807, 2.05) is 6.26 Å². The lowest BCUT2D eigenvalue weighted by molar-refractivity contribution is 0.245. The van der Waals surface area contributed by atoms with Crippen LogP contribution in [0.3, 0.4) is 0 Å². The van der Waals surface area contributed by atoms with Crippen molar-refractivity contribution in [3.8, 4) is 0 Å². The van der Waals surface area contributed by atoms with E-state index in [1.165, 1.54) is 28.7 Å². The molecule has 1 heteroatoms. The first-order chi connectivity index (χ1) is 8.69. The largest absolute Gasteiger partial charge is 0.501 e. The smallest absolute Gasteiger partial charge is 0.0873 e. The van der Waals surface area contributed by atoms with Crippen LogP contribution in [-0.4, -0.2) is 6.61 Å². The van der Waals surface area contributed by atoms with Crippen molar-refractivity contribution in [3.05, 3.63) is 47.7 Å². The normalized spacial score (nSPS) is 12.7. The quantitative estimate of drug-likeness (QED) is 0.488. The van der Waals surface area contributed by atoms with Crippen LogP contribution in [0, 0.1) is 0 Å². The minimum Gasteiger partial charge on any atom is -0.501 e. The van der Waals surface area contributed by atoms with Gasteiger partial charge in [0, 0.05) is 0 Å². The molecule has 0 fully saturated rings. The van der Waals surface area contributed by atoms with Gasteiger partial charge >= 0.3 is 0 Å². The summed E-state index contributed by atoms with van der Waals surface area (Å²) in [5, 5.41) is 0. The lowest BCUT2D eigenvalue weighted by Gasteiger charge is -2.06. The summed E-state index contributed by atoms with van der Waals surface area (Å²) >= 11 is 0. The van der Waals surface area contributed by atoms with Crippen LogP contribution in [0.1, 0.15) is 51.7 Å². The minimum absolute atomic E-state index is 0.809. The highest BCUT2D eigenvalue weighted by atomic mass is 16.5. The average molecular weight is 244 g/mol. The molecule has 18 heavy (non-hydrogen) atoms. The average Bonchev–Trinajstić information content (AvgIpc) is 2.42. The van der Waals surface area contributed by atoms with Crippen molar-refractivity contribution in [1.82, 2.24) is 0 Å². The second-order valence-electron chi connectivity index (χ2n) is 4.57. The number of ether oxygens (including phenoxy) is 1. The van der Waals surface area contributed by atoms with E-state index in [0.29, 0.717) is 0 Å². The van der Waals surface area contributed by atoms with E-state index in [-0.39, 0.29) is 0 Å². The molecule has 0 amide bonds. The Kier molecular flexibility index (Phi) is 6.27. The molecule has 0 aliphatic rings. The molecular formula is C17H24O. The molecule has 1 rings (SSSR count). The fourth-order valence-electron chi connectivity index (χ4n) is 1.64. The summed E-state index contributed by atoms with van der Waals surface area (Å²) in [6.45, 7) is 9.26. The molecule has 0 saturated carbocycles. The molecule has 0 aliphatic heterocycles. The van der Waals surface area contributed by atoms with Crippen LogP contribution in [0.25, 0.3) is 11.1 Å². The number of rotatable bonds is 6. The predicted molar refractivity (Wildman–Crippen MR) is 80.3 cm³/mol. The van der Waals surface area contributed by atoms with Crippen molar-refractivity contribution in [2.24, 2.45) is 0 Å². The van der Waals surface area contributed by atoms with Crippen LogP contribution >= 0.6 is 0 Å². The molecule has 0 heterocycles. The van der Waals surface area contributed by atoms with Gasteiger partial charge in [-0.2, -0.15) is 0 Å². The van der Waals surface area contributed by atoms with Crippen molar-refractivity contribution >= 4 is 11.1 Å². The van der Waals surface area contributed by atoms with Crippen molar-refractivity contribution in [2.45, 2.75) is 40.5 Å². The summed E-state index contributed by atoms with van der Waals surface area (Å²) in [5.41, 5.74) is 4.98. The Bertz CT molecular complexity index is 410. The predicted octanol–water partition coefficient (Wildman–Crippen LogP) is 5.29. The first kappa shape index (κ1) is 14.6. The van der Waals surface area contributed by atoms with E-state index in [2.05, 4.69) is 58.0 Å². The lowest BCUT2D eigenvalue weighted by Crippen LogP contribution is -1.88. The van der Waals surface area contributed by atoms with Crippen molar-refractivity contribution in [1.29, 1.82) is 0 Å². The van der Waals surface area contributed by atoms with E-state index >= 15 is 0 Å². The van der Waals surface area contributed by atoms with Gasteiger partial charge in [0.15, 0.2) is 0 Å². The molecule has 0 aromatic heterocycles. The zero-order chi connectivity index (χ0) is 13.4. The maximum Gasteiger partial charge on any atom is 0.0873 e. The van der Waals surface area contributed by atoms with Gasteiger partial charge in [0.25, 0.3) is 0 Å². The summed E-state index contributed by atoms with van der Waals surface area (Å²) < 4.78 is 5.52. The molecule has 0 atom stereocenters. The van der Waals surface area contributed by atoms with Gasteiger partial charge < -0.3 is 4.74 Å². The highest BCUT2D eigenvalue weighted by molar-refractivity contribution is 5.68. The Labute approximate surface area is 111 Å². The number of benzene rings is 1. The van der Waals surface area contributed by atoms with Gasteiger partial charge in [-0.05, 0) is 49.5 Å². The molecule has 1 aromatic carbocycles. The van der Waals surface area contributed by atoms with Crippen LogP contribution in [0.2, 0.25) is 0 Å². The number of hydrogen-bond acceptors (Lipinski definition) is 1. The highest BCUT2D eigenvalue weighted by Gasteiger charge is 1.98. The second kappa shape index (κ2) is 7.75. The van der Waals surface area contributed by atoms with Gasteiger partial charge in [-0.1, -0.05) is 43.7 Å². The minimum atomic E-state index is 0.809. The third-order valence-electron chi connectivity index (χ3n) is 3.10. The Morgan fingerprint density at radius 3 is 2.11 bits per heavy atom. The van der Waals surface area contributed by atoms with Crippen molar-refractivity contribution in [2.75, 3.05) is 6.61 Å². The maximum atomic E-state index is 5.52. The standard InChI is InChI=1S/C17H24O/c1-5-7-12-18-13-15(4)17-10-8-16(9-11-17)14(3)6-2/h6,8-11,13H,5,7,12H2,1-4H3/b14-6+,15-13+. The molecule has 0 bridgehead atoms. The molecule has 0 spiro atoms. The summed E-state index contributed by atoms with van der Waals surface area (Å²) in [6.07, 6.45) is 6.28. The van der Waals surface area contributed by atoms with E-state index in [9.17, 15) is 0 Å². The van der Waals surface area contributed by atoms with Crippen LogP contribution < -0.4 is 0 Å². The highest BCUT2D eigenvalue weighted by Crippen LogP contribution is 2.19. The van der Waals surface area contributed by atoms with Gasteiger partial charge in [0.05, 0.1) is 12.9 Å². The Morgan fingerprint density at radius 2 is 1.61 bits per heavy atom. The Hall–Kier alpha value is -1.50. The third kappa shape index (κ3) is 4.40. The van der Waals surface area contributed by atoms with Gasteiger partial charge in [0.2, 0.25) is 0 Å². The first-order valence-electron chi connectivity index (χ1n) is 6.71. The molecule has 1 aromatic rings. The Morgan fingerprint density at radius 1 is 1.06 bits per heavy atom. The summed E-state index contributed by atoms with van der Waals surface area (Å²) in [5.74, 6) is 0. The maximum absolute atomic E-state index is 5.52. The van der Waals surface area contributed by atoms with Gasteiger partial charge in [0.1, 0.15) is 0 Å². The van der Waals surface area contributed by atoms with Crippen LogP contribution in [0.5, 0.6) is 0 Å². The van der Waals surface area contributed by atoms with E-state index in [0.717, 1.165) is 13.0 Å². The SMILES string of the molecule is C/C=C(\C)c1ccc(/C(C)=C/OCCCC)cc1. The van der Waals surface area contributed by atoms with Gasteiger partial charge in [-0.25, -0.2) is 0 Å². The van der Waals surface area contributed by atoms with Gasteiger partial charge in [-0.3, -0.25) is 0 Å². The number of hydrogen-bond donors (Lipinski definition) is 0. The number of allylic oxidation sites excluding steroid dienone is 3. The molecule has 0 N–H and O–H groups in total. The third-order valence-corrected chi connectivity index (χ3v) is 3.10. The zero-order valence-electron chi connectivity index (χ0n) is 12.0. The van der Waals surface area contributed by atoms with Crippen LogP contribution in [-0.2, 0) is 4.74 Å². The molecule has 98 valence electrons. The summed E-state index contributed by atoms with van der Waals surface area (Å²) in [6, 6.07) is 8.62. The zero-order valence-corrected chi connectivity index (χ0v) is 12.0. The second-order valence-corrected chi connectivity index (χ2v) is 4.57. The Balaban J connectivity index is 2.67. The monoisotopic (exact) mass is 244 g/mol. The van der Waals surface area contributed by atoms with Crippen LogP contribution in [0.15, 0.2) is 36.6 Å². The summed E-state index contributed by atoms with van der Waals surface area (Å²) in [7, 11) is 0. The summed E-state index contributed by atoms with van der Waals surface area (Å²) in [4.78, 5) is 0. The fraction of sp³-hybridized carbons (Fsp3) is 0.412. The molecule has 0 radical (unpaired) electrons. The van der Waals surface area contributed by atoms with E-state index < -0.39 is 0 Å².